The molecule has 0 radical (unpaired) electrons. The average molecular weight is 300 g/mol. The van der Waals surface area contributed by atoms with Gasteiger partial charge in [0.2, 0.25) is 0 Å². The molecular formula is C17H20N2OS. The van der Waals surface area contributed by atoms with E-state index in [0.717, 1.165) is 17.0 Å². The number of carbonyl (C=O) groups excluding carboxylic acids is 1. The van der Waals surface area contributed by atoms with Crippen LogP contribution in [0.1, 0.15) is 40.9 Å². The molecule has 0 fully saturated rings. The Labute approximate surface area is 130 Å². The molecule has 0 saturated heterocycles. The van der Waals surface area contributed by atoms with Gasteiger partial charge in [0.05, 0.1) is 11.6 Å². The van der Waals surface area contributed by atoms with Crippen molar-refractivity contribution in [3.63, 3.8) is 0 Å². The average Bonchev–Trinajstić information content (AvgIpc) is 2.53. The van der Waals surface area contributed by atoms with Crippen molar-refractivity contribution in [1.82, 2.24) is 10.3 Å². The van der Waals surface area contributed by atoms with Crippen molar-refractivity contribution in [3.05, 3.63) is 59.3 Å². The van der Waals surface area contributed by atoms with Gasteiger partial charge in [-0.3, -0.25) is 4.79 Å². The topological polar surface area (TPSA) is 42.0 Å². The van der Waals surface area contributed by atoms with Crippen molar-refractivity contribution in [2.45, 2.75) is 31.3 Å². The maximum Gasteiger partial charge on any atom is 0.254 e. The third kappa shape index (κ3) is 3.85. The highest BCUT2D eigenvalue weighted by Crippen LogP contribution is 2.21. The second kappa shape index (κ2) is 7.27. The lowest BCUT2D eigenvalue weighted by Gasteiger charge is -2.18. The molecule has 1 aromatic carbocycles. The number of benzene rings is 1. The van der Waals surface area contributed by atoms with Crippen molar-refractivity contribution in [2.24, 2.45) is 0 Å². The molecule has 1 N–H and O–H groups in total. The Morgan fingerprint density at radius 3 is 2.62 bits per heavy atom. The summed E-state index contributed by atoms with van der Waals surface area (Å²) in [5.41, 5.74) is 2.98. The number of aromatic nitrogens is 1. The van der Waals surface area contributed by atoms with Gasteiger partial charge < -0.3 is 5.32 Å². The molecule has 1 amide bonds. The number of aryl methyl sites for hydroxylation is 1. The summed E-state index contributed by atoms with van der Waals surface area (Å²) in [6, 6.07) is 11.9. The fourth-order valence-corrected chi connectivity index (χ4v) is 2.73. The minimum atomic E-state index is -0.0696. The van der Waals surface area contributed by atoms with Crippen LogP contribution < -0.4 is 5.32 Å². The first-order valence-corrected chi connectivity index (χ1v) is 8.24. The summed E-state index contributed by atoms with van der Waals surface area (Å²) in [6.45, 7) is 4.13. The van der Waals surface area contributed by atoms with Crippen LogP contribution in [-0.2, 0) is 0 Å². The SMILES string of the molecule is CC[C@H](NC(=O)c1cccnc1SC)c1ccc(C)cc1. The Morgan fingerprint density at radius 2 is 2.00 bits per heavy atom. The Hall–Kier alpha value is -1.81. The molecule has 0 spiro atoms. The lowest BCUT2D eigenvalue weighted by Crippen LogP contribution is -2.28. The van der Waals surface area contributed by atoms with Crippen molar-refractivity contribution >= 4 is 17.7 Å². The maximum atomic E-state index is 12.5. The number of amides is 1. The summed E-state index contributed by atoms with van der Waals surface area (Å²) in [7, 11) is 0. The van der Waals surface area contributed by atoms with Gasteiger partial charge in [0.15, 0.2) is 0 Å². The van der Waals surface area contributed by atoms with E-state index in [1.165, 1.54) is 17.3 Å². The maximum absolute atomic E-state index is 12.5. The molecule has 0 aliphatic carbocycles. The molecule has 110 valence electrons. The van der Waals surface area contributed by atoms with Crippen molar-refractivity contribution < 1.29 is 4.79 Å². The molecule has 1 atom stereocenters. The third-order valence-electron chi connectivity index (χ3n) is 3.40. The molecule has 0 bridgehead atoms. The van der Waals surface area contributed by atoms with E-state index in [1.54, 1.807) is 12.3 Å². The lowest BCUT2D eigenvalue weighted by atomic mass is 10.0. The number of carbonyl (C=O) groups is 1. The summed E-state index contributed by atoms with van der Waals surface area (Å²) in [5, 5.41) is 3.86. The van der Waals surface area contributed by atoms with Crippen LogP contribution in [0, 0.1) is 6.92 Å². The molecule has 1 heterocycles. The quantitative estimate of drug-likeness (QED) is 0.849. The lowest BCUT2D eigenvalue weighted by molar-refractivity contribution is 0.0932. The van der Waals surface area contributed by atoms with Gasteiger partial charge in [-0.1, -0.05) is 36.8 Å². The van der Waals surface area contributed by atoms with E-state index in [4.69, 9.17) is 0 Å². The van der Waals surface area contributed by atoms with E-state index in [9.17, 15) is 4.79 Å². The highest BCUT2D eigenvalue weighted by atomic mass is 32.2. The van der Waals surface area contributed by atoms with Gasteiger partial charge >= 0.3 is 0 Å². The molecule has 1 aromatic heterocycles. The highest BCUT2D eigenvalue weighted by Gasteiger charge is 2.16. The minimum absolute atomic E-state index is 0.0213. The van der Waals surface area contributed by atoms with Crippen LogP contribution in [0.3, 0.4) is 0 Å². The molecule has 2 aromatic rings. The normalized spacial score (nSPS) is 12.0. The van der Waals surface area contributed by atoms with Crippen molar-refractivity contribution in [2.75, 3.05) is 6.26 Å². The molecule has 0 unspecified atom stereocenters. The first kappa shape index (κ1) is 15.6. The number of nitrogens with one attached hydrogen (secondary N) is 1. The van der Waals surface area contributed by atoms with Gasteiger partial charge in [-0.15, -0.1) is 11.8 Å². The van der Waals surface area contributed by atoms with Gasteiger partial charge in [-0.2, -0.15) is 0 Å². The van der Waals surface area contributed by atoms with E-state index >= 15 is 0 Å². The Balaban J connectivity index is 2.18. The second-order valence-electron chi connectivity index (χ2n) is 4.91. The standard InChI is InChI=1S/C17H20N2OS/c1-4-15(13-9-7-12(2)8-10-13)19-16(20)14-6-5-11-18-17(14)21-3/h5-11,15H,4H2,1-3H3,(H,19,20)/t15-/m0/s1. The predicted molar refractivity (Wildman–Crippen MR) is 87.7 cm³/mol. The Bertz CT molecular complexity index is 610. The second-order valence-corrected chi connectivity index (χ2v) is 5.70. The zero-order chi connectivity index (χ0) is 15.2. The molecule has 0 aliphatic rings. The zero-order valence-corrected chi connectivity index (χ0v) is 13.4. The third-order valence-corrected chi connectivity index (χ3v) is 4.11. The number of rotatable bonds is 5. The van der Waals surface area contributed by atoms with E-state index in [0.29, 0.717) is 5.56 Å². The molecule has 0 aliphatic heterocycles. The number of pyridine rings is 1. The molecule has 21 heavy (non-hydrogen) atoms. The van der Waals surface area contributed by atoms with Crippen LogP contribution in [0.5, 0.6) is 0 Å². The van der Waals surface area contributed by atoms with Crippen LogP contribution in [0.25, 0.3) is 0 Å². The summed E-state index contributed by atoms with van der Waals surface area (Å²) in [4.78, 5) is 16.7. The fourth-order valence-electron chi connectivity index (χ4n) is 2.18. The molecule has 0 saturated carbocycles. The van der Waals surface area contributed by atoms with Gasteiger partial charge in [0.25, 0.3) is 5.91 Å². The fraction of sp³-hybridized carbons (Fsp3) is 0.294. The summed E-state index contributed by atoms with van der Waals surface area (Å²) >= 11 is 1.48. The van der Waals surface area contributed by atoms with Crippen LogP contribution in [0.2, 0.25) is 0 Å². The molecule has 2 rings (SSSR count). The monoisotopic (exact) mass is 300 g/mol. The summed E-state index contributed by atoms with van der Waals surface area (Å²) < 4.78 is 0. The highest BCUT2D eigenvalue weighted by molar-refractivity contribution is 7.98. The van der Waals surface area contributed by atoms with E-state index in [-0.39, 0.29) is 11.9 Å². The first-order valence-electron chi connectivity index (χ1n) is 7.02. The number of hydrogen-bond acceptors (Lipinski definition) is 3. The molecule has 3 nitrogen and oxygen atoms in total. The predicted octanol–water partition coefficient (Wildman–Crippen LogP) is 3.99. The minimum Gasteiger partial charge on any atom is -0.345 e. The van der Waals surface area contributed by atoms with E-state index in [2.05, 4.69) is 48.4 Å². The van der Waals surface area contributed by atoms with Gasteiger partial charge in [-0.25, -0.2) is 4.98 Å². The molecule has 4 heteroatoms. The van der Waals surface area contributed by atoms with Crippen LogP contribution in [0.4, 0.5) is 0 Å². The van der Waals surface area contributed by atoms with Gasteiger partial charge in [0.1, 0.15) is 5.03 Å². The number of thioether (sulfide) groups is 1. The Morgan fingerprint density at radius 1 is 1.29 bits per heavy atom. The number of nitrogens with zero attached hydrogens (tertiary/aromatic N) is 1. The van der Waals surface area contributed by atoms with E-state index < -0.39 is 0 Å². The van der Waals surface area contributed by atoms with Crippen LogP contribution in [0.15, 0.2) is 47.6 Å². The molecular weight excluding hydrogens is 280 g/mol. The van der Waals surface area contributed by atoms with Crippen LogP contribution >= 0.6 is 11.8 Å². The van der Waals surface area contributed by atoms with Crippen molar-refractivity contribution in [1.29, 1.82) is 0 Å². The van der Waals surface area contributed by atoms with Crippen LogP contribution in [-0.4, -0.2) is 17.1 Å². The van der Waals surface area contributed by atoms with Crippen molar-refractivity contribution in [3.8, 4) is 0 Å². The van der Waals surface area contributed by atoms with Gasteiger partial charge in [-0.05, 0) is 37.3 Å². The van der Waals surface area contributed by atoms with Gasteiger partial charge in [0, 0.05) is 6.20 Å². The van der Waals surface area contributed by atoms with E-state index in [1.807, 2.05) is 12.3 Å². The number of hydrogen-bond donors (Lipinski definition) is 1. The Kier molecular flexibility index (Phi) is 5.39. The summed E-state index contributed by atoms with van der Waals surface area (Å²) in [6.07, 6.45) is 4.49. The smallest absolute Gasteiger partial charge is 0.254 e. The summed E-state index contributed by atoms with van der Waals surface area (Å²) in [5.74, 6) is -0.0696. The first-order chi connectivity index (χ1) is 10.2. The largest absolute Gasteiger partial charge is 0.345 e. The zero-order valence-electron chi connectivity index (χ0n) is 12.6.